The van der Waals surface area contributed by atoms with Gasteiger partial charge in [0.15, 0.2) is 0 Å². The van der Waals surface area contributed by atoms with E-state index >= 15 is 0 Å². The molecule has 0 bridgehead atoms. The summed E-state index contributed by atoms with van der Waals surface area (Å²) in [5.41, 5.74) is 1.68. The molecule has 3 unspecified atom stereocenters. The second-order valence-corrected chi connectivity index (χ2v) is 7.11. The van der Waals surface area contributed by atoms with E-state index in [1.807, 2.05) is 18.2 Å². The molecule has 2 aliphatic rings. The summed E-state index contributed by atoms with van der Waals surface area (Å²) in [7, 11) is 1.62. The fourth-order valence-electron chi connectivity index (χ4n) is 4.12. The van der Waals surface area contributed by atoms with Crippen molar-refractivity contribution >= 4 is 11.6 Å². The molecule has 3 atom stereocenters. The molecule has 2 fully saturated rings. The van der Waals surface area contributed by atoms with Gasteiger partial charge < -0.3 is 15.4 Å². The summed E-state index contributed by atoms with van der Waals surface area (Å²) in [6.07, 6.45) is 7.38. The monoisotopic (exact) mass is 356 g/mol. The molecule has 1 saturated heterocycles. The van der Waals surface area contributed by atoms with E-state index < -0.39 is 0 Å². The van der Waals surface area contributed by atoms with Gasteiger partial charge in [0, 0.05) is 24.3 Å². The number of benzene rings is 1. The minimum absolute atomic E-state index is 0.0135. The third kappa shape index (κ3) is 3.36. The lowest BCUT2D eigenvalue weighted by Crippen LogP contribution is -2.52. The number of amides is 1. The molecule has 1 aromatic carbocycles. The predicted octanol–water partition coefficient (Wildman–Crippen LogP) is 1.78. The molecule has 4 rings (SSSR count). The lowest BCUT2D eigenvalue weighted by molar-refractivity contribution is -0.129. The maximum atomic E-state index is 12.4. The summed E-state index contributed by atoms with van der Waals surface area (Å²) in [5, 5.41) is 17.8. The van der Waals surface area contributed by atoms with Crippen LogP contribution < -0.4 is 15.4 Å². The van der Waals surface area contributed by atoms with Gasteiger partial charge in [0.05, 0.1) is 13.0 Å². The van der Waals surface area contributed by atoms with Crippen molar-refractivity contribution in [3.05, 3.63) is 24.5 Å². The minimum atomic E-state index is 0.0135. The number of ether oxygens (including phenoxy) is 1. The smallest absolute Gasteiger partial charge is 0.225 e. The van der Waals surface area contributed by atoms with Crippen LogP contribution in [0, 0.1) is 11.8 Å². The summed E-state index contributed by atoms with van der Waals surface area (Å²) in [5.74, 6) is 1.49. The zero-order valence-electron chi connectivity index (χ0n) is 14.9. The van der Waals surface area contributed by atoms with E-state index in [0.29, 0.717) is 24.3 Å². The molecular weight excluding hydrogens is 332 g/mol. The number of hydrogen-bond acceptors (Lipinski definition) is 6. The Morgan fingerprint density at radius 1 is 1.35 bits per heavy atom. The Morgan fingerprint density at radius 3 is 3.04 bits per heavy atom. The van der Waals surface area contributed by atoms with E-state index in [1.165, 1.54) is 25.6 Å². The second-order valence-electron chi connectivity index (χ2n) is 7.11. The Labute approximate surface area is 152 Å². The fourth-order valence-corrected chi connectivity index (χ4v) is 4.12. The number of carbonyl (C=O) groups is 1. The van der Waals surface area contributed by atoms with E-state index in [0.717, 1.165) is 24.2 Å². The molecule has 2 heterocycles. The molecule has 1 aliphatic heterocycles. The van der Waals surface area contributed by atoms with Gasteiger partial charge in [-0.2, -0.15) is 4.68 Å². The van der Waals surface area contributed by atoms with Crippen molar-refractivity contribution in [2.45, 2.75) is 38.1 Å². The quantitative estimate of drug-likeness (QED) is 0.848. The van der Waals surface area contributed by atoms with Crippen molar-refractivity contribution in [3.8, 4) is 11.4 Å². The topological polar surface area (TPSA) is 94.0 Å². The van der Waals surface area contributed by atoms with Crippen molar-refractivity contribution in [1.29, 1.82) is 0 Å². The molecule has 8 nitrogen and oxygen atoms in total. The van der Waals surface area contributed by atoms with Crippen molar-refractivity contribution in [2.24, 2.45) is 11.8 Å². The highest BCUT2D eigenvalue weighted by atomic mass is 16.5. The highest BCUT2D eigenvalue weighted by Crippen LogP contribution is 2.33. The van der Waals surface area contributed by atoms with Crippen molar-refractivity contribution in [3.63, 3.8) is 0 Å². The Morgan fingerprint density at radius 2 is 2.23 bits per heavy atom. The number of carbonyl (C=O) groups excluding carboxylic acids is 1. The van der Waals surface area contributed by atoms with Gasteiger partial charge in [-0.3, -0.25) is 4.79 Å². The van der Waals surface area contributed by atoms with Crippen molar-refractivity contribution < 1.29 is 9.53 Å². The van der Waals surface area contributed by atoms with Gasteiger partial charge >= 0.3 is 0 Å². The van der Waals surface area contributed by atoms with Gasteiger partial charge in [-0.15, -0.1) is 5.10 Å². The maximum absolute atomic E-state index is 12.4. The molecule has 138 valence electrons. The van der Waals surface area contributed by atoms with Crippen LogP contribution in [-0.4, -0.2) is 45.8 Å². The van der Waals surface area contributed by atoms with E-state index in [1.54, 1.807) is 11.8 Å². The average Bonchev–Trinajstić information content (AvgIpc) is 3.20. The average molecular weight is 356 g/mol. The highest BCUT2D eigenvalue weighted by Gasteiger charge is 2.36. The molecule has 1 saturated carbocycles. The predicted molar refractivity (Wildman–Crippen MR) is 96.2 cm³/mol. The Kier molecular flexibility index (Phi) is 4.73. The molecular formula is C18H24N6O2. The first-order valence-corrected chi connectivity index (χ1v) is 9.20. The number of piperidine rings is 1. The normalized spacial score (nSPS) is 25.3. The van der Waals surface area contributed by atoms with Crippen LogP contribution in [0.25, 0.3) is 5.69 Å². The maximum Gasteiger partial charge on any atom is 0.225 e. The first-order valence-electron chi connectivity index (χ1n) is 9.20. The minimum Gasteiger partial charge on any atom is -0.494 e. The van der Waals surface area contributed by atoms with Gasteiger partial charge in [0.2, 0.25) is 5.91 Å². The van der Waals surface area contributed by atoms with E-state index in [9.17, 15) is 4.79 Å². The number of rotatable bonds is 5. The summed E-state index contributed by atoms with van der Waals surface area (Å²) < 4.78 is 7.01. The Bertz CT molecular complexity index is 763. The van der Waals surface area contributed by atoms with Gasteiger partial charge in [-0.25, -0.2) is 0 Å². The molecule has 1 aliphatic carbocycles. The van der Waals surface area contributed by atoms with Crippen LogP contribution in [-0.2, 0) is 4.79 Å². The first kappa shape index (κ1) is 16.8. The molecule has 1 amide bonds. The number of anilines is 1. The van der Waals surface area contributed by atoms with Crippen LogP contribution in [0.3, 0.4) is 0 Å². The Hall–Kier alpha value is -2.64. The molecule has 2 aromatic rings. The zero-order chi connectivity index (χ0) is 17.9. The van der Waals surface area contributed by atoms with Gasteiger partial charge in [0.1, 0.15) is 17.8 Å². The second kappa shape index (κ2) is 7.31. The molecule has 0 radical (unpaired) electrons. The Balaban J connectivity index is 1.42. The number of tetrazole rings is 1. The third-order valence-electron chi connectivity index (χ3n) is 5.52. The standard InChI is InChI=1S/C18H24N6O2/c1-26-17-9-14(6-7-16(17)24-11-20-22-23-24)19-10-13-8-12-4-2-3-5-15(12)21-18(13)25/h6-7,9,11-13,15,19H,2-5,8,10H2,1H3,(H,21,25). The lowest BCUT2D eigenvalue weighted by Gasteiger charge is -2.39. The van der Waals surface area contributed by atoms with Gasteiger partial charge in [0.25, 0.3) is 0 Å². The van der Waals surface area contributed by atoms with E-state index in [4.69, 9.17) is 4.74 Å². The summed E-state index contributed by atoms with van der Waals surface area (Å²) in [6, 6.07) is 6.14. The van der Waals surface area contributed by atoms with E-state index in [-0.39, 0.29) is 11.8 Å². The van der Waals surface area contributed by atoms with E-state index in [2.05, 4.69) is 26.2 Å². The van der Waals surface area contributed by atoms with Crippen LogP contribution in [0.15, 0.2) is 24.5 Å². The molecule has 2 N–H and O–H groups in total. The van der Waals surface area contributed by atoms with Crippen LogP contribution in [0.2, 0.25) is 0 Å². The number of fused-ring (bicyclic) bond motifs is 1. The van der Waals surface area contributed by atoms with Gasteiger partial charge in [-0.1, -0.05) is 12.8 Å². The largest absolute Gasteiger partial charge is 0.494 e. The summed E-state index contributed by atoms with van der Waals surface area (Å²) >= 11 is 0. The summed E-state index contributed by atoms with van der Waals surface area (Å²) in [6.45, 7) is 0.627. The third-order valence-corrected chi connectivity index (χ3v) is 5.52. The number of aromatic nitrogens is 4. The molecule has 8 heteroatoms. The lowest BCUT2D eigenvalue weighted by atomic mass is 9.76. The first-order chi connectivity index (χ1) is 12.7. The van der Waals surface area contributed by atoms with Gasteiger partial charge in [-0.05, 0) is 47.7 Å². The van der Waals surface area contributed by atoms with Crippen LogP contribution in [0.4, 0.5) is 5.69 Å². The summed E-state index contributed by atoms with van der Waals surface area (Å²) in [4.78, 5) is 12.4. The molecule has 0 spiro atoms. The number of nitrogens with one attached hydrogen (secondary N) is 2. The number of nitrogens with zero attached hydrogens (tertiary/aromatic N) is 4. The fraction of sp³-hybridized carbons (Fsp3) is 0.556. The van der Waals surface area contributed by atoms with Crippen LogP contribution >= 0.6 is 0 Å². The highest BCUT2D eigenvalue weighted by molar-refractivity contribution is 5.80. The zero-order valence-corrected chi connectivity index (χ0v) is 14.9. The molecule has 1 aromatic heterocycles. The van der Waals surface area contributed by atoms with Crippen LogP contribution in [0.1, 0.15) is 32.1 Å². The molecule has 26 heavy (non-hydrogen) atoms. The van der Waals surface area contributed by atoms with Crippen molar-refractivity contribution in [2.75, 3.05) is 19.0 Å². The van der Waals surface area contributed by atoms with Crippen LogP contribution in [0.5, 0.6) is 5.75 Å². The number of hydrogen-bond donors (Lipinski definition) is 2. The number of methoxy groups -OCH3 is 1. The SMILES string of the molecule is COc1cc(NCC2CC3CCCCC3NC2=O)ccc1-n1cnnn1. The van der Waals surface area contributed by atoms with Crippen molar-refractivity contribution in [1.82, 2.24) is 25.5 Å².